The van der Waals surface area contributed by atoms with E-state index in [4.69, 9.17) is 32.7 Å². The van der Waals surface area contributed by atoms with Crippen molar-refractivity contribution in [1.82, 2.24) is 4.57 Å². The summed E-state index contributed by atoms with van der Waals surface area (Å²) in [6.45, 7) is 6.39. The van der Waals surface area contributed by atoms with Gasteiger partial charge >= 0.3 is 5.97 Å². The molecule has 1 aliphatic rings. The molecule has 0 fully saturated rings. The Morgan fingerprint density at radius 1 is 1.07 bits per heavy atom. The third kappa shape index (κ3) is 6.48. The van der Waals surface area contributed by atoms with Gasteiger partial charge in [0, 0.05) is 10.0 Å². The van der Waals surface area contributed by atoms with Crippen molar-refractivity contribution in [3.8, 4) is 5.75 Å². The van der Waals surface area contributed by atoms with Gasteiger partial charge in [-0.3, -0.25) is 9.36 Å². The monoisotopic (exact) mass is 606 g/mol. The maximum atomic E-state index is 13.9. The normalized spacial score (nSPS) is 15.1. The first-order chi connectivity index (χ1) is 19.7. The van der Waals surface area contributed by atoms with Crippen LogP contribution < -0.4 is 19.6 Å². The van der Waals surface area contributed by atoms with Crippen LogP contribution in [-0.2, 0) is 16.1 Å². The number of halogens is 2. The smallest absolute Gasteiger partial charge is 0.338 e. The van der Waals surface area contributed by atoms with Crippen molar-refractivity contribution in [1.29, 1.82) is 0 Å². The van der Waals surface area contributed by atoms with Crippen LogP contribution in [0.15, 0.2) is 93.9 Å². The molecule has 1 aliphatic heterocycles. The lowest BCUT2D eigenvalue weighted by atomic mass is 9.96. The molecule has 210 valence electrons. The summed E-state index contributed by atoms with van der Waals surface area (Å²) in [6, 6.07) is 21.7. The largest absolute Gasteiger partial charge is 0.489 e. The Hall–Kier alpha value is -3.65. The number of carbonyl (C=O) groups is 1. The second-order valence-electron chi connectivity index (χ2n) is 10.1. The summed E-state index contributed by atoms with van der Waals surface area (Å²) in [6.07, 6.45) is 1.72. The summed E-state index contributed by atoms with van der Waals surface area (Å²) in [5, 5.41) is 0.935. The Kier molecular flexibility index (Phi) is 8.78. The number of rotatable bonds is 8. The maximum Gasteiger partial charge on any atom is 0.338 e. The Morgan fingerprint density at radius 2 is 1.80 bits per heavy atom. The zero-order valence-electron chi connectivity index (χ0n) is 22.8. The number of thiazole rings is 1. The van der Waals surface area contributed by atoms with Gasteiger partial charge in [0.25, 0.3) is 5.56 Å². The molecule has 0 saturated carbocycles. The summed E-state index contributed by atoms with van der Waals surface area (Å²) >= 11 is 13.7. The molecule has 3 aromatic carbocycles. The summed E-state index contributed by atoms with van der Waals surface area (Å²) in [5.41, 5.74) is 3.00. The average molecular weight is 608 g/mol. The van der Waals surface area contributed by atoms with Crippen molar-refractivity contribution in [2.45, 2.75) is 33.4 Å². The third-order valence-electron chi connectivity index (χ3n) is 6.48. The third-order valence-corrected chi connectivity index (χ3v) is 8.03. The molecule has 1 unspecified atom stereocenters. The minimum Gasteiger partial charge on any atom is -0.489 e. The molecular formula is C32H28Cl2N2O4S. The predicted octanol–water partition coefficient (Wildman–Crippen LogP) is 6.32. The molecule has 0 spiro atoms. The van der Waals surface area contributed by atoms with Crippen LogP contribution >= 0.6 is 34.5 Å². The molecule has 0 amide bonds. The van der Waals surface area contributed by atoms with E-state index in [0.29, 0.717) is 48.6 Å². The summed E-state index contributed by atoms with van der Waals surface area (Å²) in [5.74, 6) is 0.334. The molecule has 1 atom stereocenters. The number of benzene rings is 3. The van der Waals surface area contributed by atoms with Gasteiger partial charge in [-0.25, -0.2) is 9.79 Å². The topological polar surface area (TPSA) is 69.9 Å². The number of carbonyl (C=O) groups excluding carboxylic acids is 1. The molecule has 0 N–H and O–H groups in total. The fraction of sp³-hybridized carbons (Fsp3) is 0.219. The first-order valence-electron chi connectivity index (χ1n) is 13.1. The minimum atomic E-state index is -0.725. The minimum absolute atomic E-state index is 0.157. The molecular weight excluding hydrogens is 579 g/mol. The molecule has 9 heteroatoms. The SMILES string of the molecule is CC1=C(C(=O)OCC(C)C)C(c2ccc(OCc3ccccc3)cc2)n2c(s/c(=C\c3ccc(Cl)cc3Cl)c2=O)=N1. The molecule has 41 heavy (non-hydrogen) atoms. The van der Waals surface area contributed by atoms with E-state index in [1.165, 1.54) is 11.3 Å². The van der Waals surface area contributed by atoms with Gasteiger partial charge in [0.15, 0.2) is 4.80 Å². The Balaban J connectivity index is 1.57. The lowest BCUT2D eigenvalue weighted by molar-refractivity contribution is -0.140. The van der Waals surface area contributed by atoms with Crippen LogP contribution in [0.5, 0.6) is 5.75 Å². The average Bonchev–Trinajstić information content (AvgIpc) is 3.26. The highest BCUT2D eigenvalue weighted by Crippen LogP contribution is 2.32. The van der Waals surface area contributed by atoms with Crippen LogP contribution in [0.1, 0.15) is 43.5 Å². The first-order valence-corrected chi connectivity index (χ1v) is 14.7. The first kappa shape index (κ1) is 28.9. The second kappa shape index (κ2) is 12.5. The number of hydrogen-bond donors (Lipinski definition) is 0. The second-order valence-corrected chi connectivity index (χ2v) is 11.9. The Labute approximate surface area is 251 Å². The molecule has 0 bridgehead atoms. The lowest BCUT2D eigenvalue weighted by Gasteiger charge is -2.25. The van der Waals surface area contributed by atoms with E-state index in [2.05, 4.69) is 4.99 Å². The number of aromatic nitrogens is 1. The van der Waals surface area contributed by atoms with E-state index in [9.17, 15) is 9.59 Å². The number of allylic oxidation sites excluding steroid dienone is 1. The van der Waals surface area contributed by atoms with Crippen LogP contribution in [0, 0.1) is 5.92 Å². The number of nitrogens with zero attached hydrogens (tertiary/aromatic N) is 2. The van der Waals surface area contributed by atoms with Gasteiger partial charge in [-0.05, 0) is 59.9 Å². The van der Waals surface area contributed by atoms with Gasteiger partial charge in [-0.1, -0.05) is 96.9 Å². The quantitative estimate of drug-likeness (QED) is 0.220. The van der Waals surface area contributed by atoms with Crippen LogP contribution in [0.25, 0.3) is 6.08 Å². The van der Waals surface area contributed by atoms with Crippen LogP contribution in [-0.4, -0.2) is 17.1 Å². The fourth-order valence-electron chi connectivity index (χ4n) is 4.47. The number of fused-ring (bicyclic) bond motifs is 1. The molecule has 0 aliphatic carbocycles. The Bertz CT molecular complexity index is 1790. The highest BCUT2D eigenvalue weighted by atomic mass is 35.5. The molecule has 2 heterocycles. The fourth-order valence-corrected chi connectivity index (χ4v) is 5.97. The van der Waals surface area contributed by atoms with Crippen LogP contribution in [0.2, 0.25) is 10.0 Å². The zero-order valence-corrected chi connectivity index (χ0v) is 25.1. The van der Waals surface area contributed by atoms with E-state index in [1.54, 1.807) is 35.8 Å². The lowest BCUT2D eigenvalue weighted by Crippen LogP contribution is -2.40. The van der Waals surface area contributed by atoms with E-state index in [1.807, 2.05) is 68.4 Å². The van der Waals surface area contributed by atoms with Gasteiger partial charge in [0.2, 0.25) is 0 Å². The van der Waals surface area contributed by atoms with Crippen LogP contribution in [0.3, 0.4) is 0 Å². The summed E-state index contributed by atoms with van der Waals surface area (Å²) in [4.78, 5) is 32.4. The van der Waals surface area contributed by atoms with E-state index >= 15 is 0 Å². The van der Waals surface area contributed by atoms with Gasteiger partial charge in [-0.15, -0.1) is 0 Å². The van der Waals surface area contributed by atoms with E-state index in [0.717, 1.165) is 11.1 Å². The highest BCUT2D eigenvalue weighted by molar-refractivity contribution is 7.07. The van der Waals surface area contributed by atoms with Crippen molar-refractivity contribution in [3.05, 3.63) is 130 Å². The summed E-state index contributed by atoms with van der Waals surface area (Å²) in [7, 11) is 0. The standard InChI is InChI=1S/C32H28Cl2N2O4S/c1-19(2)17-40-31(38)28-20(3)35-32-36(30(37)27(41-32)15-23-9-12-24(33)16-26(23)34)29(28)22-10-13-25(14-11-22)39-18-21-7-5-4-6-8-21/h4-16,19,29H,17-18H2,1-3H3/b27-15-. The number of hydrogen-bond acceptors (Lipinski definition) is 6. The molecule has 0 radical (unpaired) electrons. The van der Waals surface area contributed by atoms with E-state index in [-0.39, 0.29) is 18.1 Å². The predicted molar refractivity (Wildman–Crippen MR) is 163 cm³/mol. The van der Waals surface area contributed by atoms with Gasteiger partial charge in [-0.2, -0.15) is 0 Å². The Morgan fingerprint density at radius 3 is 2.49 bits per heavy atom. The van der Waals surface area contributed by atoms with Crippen molar-refractivity contribution >= 4 is 46.6 Å². The molecule has 4 aromatic rings. The highest BCUT2D eigenvalue weighted by Gasteiger charge is 2.33. The van der Waals surface area contributed by atoms with Crippen molar-refractivity contribution in [2.75, 3.05) is 6.61 Å². The molecule has 1 aromatic heterocycles. The maximum absolute atomic E-state index is 13.9. The zero-order chi connectivity index (χ0) is 29.1. The van der Waals surface area contributed by atoms with Crippen molar-refractivity contribution in [2.24, 2.45) is 10.9 Å². The molecule has 5 rings (SSSR count). The van der Waals surface area contributed by atoms with Crippen LogP contribution in [0.4, 0.5) is 0 Å². The van der Waals surface area contributed by atoms with E-state index < -0.39 is 12.0 Å². The molecule has 0 saturated heterocycles. The van der Waals surface area contributed by atoms with Crippen molar-refractivity contribution < 1.29 is 14.3 Å². The van der Waals surface area contributed by atoms with Gasteiger partial charge < -0.3 is 9.47 Å². The number of ether oxygens (including phenoxy) is 2. The van der Waals surface area contributed by atoms with Crippen molar-refractivity contribution in [3.63, 3.8) is 0 Å². The summed E-state index contributed by atoms with van der Waals surface area (Å²) < 4.78 is 13.6. The number of esters is 1. The van der Waals surface area contributed by atoms with Gasteiger partial charge in [0.05, 0.1) is 28.5 Å². The molecule has 6 nitrogen and oxygen atoms in total. The van der Waals surface area contributed by atoms with Gasteiger partial charge in [0.1, 0.15) is 12.4 Å².